The molecule has 3 rings (SSSR count). The van der Waals surface area contributed by atoms with E-state index in [4.69, 9.17) is 0 Å². The van der Waals surface area contributed by atoms with Gasteiger partial charge in [0.25, 0.3) is 5.56 Å². The van der Waals surface area contributed by atoms with Gasteiger partial charge < -0.3 is 10.3 Å². The Morgan fingerprint density at radius 3 is 2.74 bits per heavy atom. The van der Waals surface area contributed by atoms with Crippen LogP contribution in [0.25, 0.3) is 11.0 Å². The second kappa shape index (κ2) is 7.60. The number of aromatic amines is 1. The molecule has 0 aliphatic carbocycles. The number of hydrogen-bond acceptors (Lipinski definition) is 4. The molecule has 0 saturated carbocycles. The number of rotatable bonds is 5. The molecule has 0 spiro atoms. The van der Waals surface area contributed by atoms with Crippen molar-refractivity contribution in [2.75, 3.05) is 11.1 Å². The number of benzene rings is 1. The molecule has 0 aliphatic rings. The Morgan fingerprint density at radius 2 is 2.04 bits per heavy atom. The van der Waals surface area contributed by atoms with Crippen molar-refractivity contribution >= 4 is 34.4 Å². The summed E-state index contributed by atoms with van der Waals surface area (Å²) in [5, 5.41) is 3.50. The number of anilines is 1. The minimum atomic E-state index is -0.122. The highest BCUT2D eigenvalue weighted by molar-refractivity contribution is 7.99. The van der Waals surface area contributed by atoms with Crippen molar-refractivity contribution in [3.63, 3.8) is 0 Å². The molecule has 2 aromatic heterocycles. The number of aryl methyl sites for hydroxylation is 2. The summed E-state index contributed by atoms with van der Waals surface area (Å²) in [7, 11) is 0. The van der Waals surface area contributed by atoms with Crippen LogP contribution in [0.3, 0.4) is 0 Å². The number of aromatic nitrogens is 3. The highest BCUT2D eigenvalue weighted by Gasteiger charge is 2.17. The van der Waals surface area contributed by atoms with Crippen LogP contribution in [0.4, 0.5) is 5.69 Å². The van der Waals surface area contributed by atoms with Crippen molar-refractivity contribution in [2.45, 2.75) is 45.8 Å². The van der Waals surface area contributed by atoms with Crippen LogP contribution in [0.5, 0.6) is 0 Å². The standard InChI is InChI=1S/C20H24N4O2S/c1-11(2)24-19(26)18-16(9-13(4)21-18)23-20(24)27-10-17(25)22-15-8-6-7-12(3)14(15)5/h6-9,11,21H,10H2,1-5H3,(H,22,25). The summed E-state index contributed by atoms with van der Waals surface area (Å²) in [5.41, 5.74) is 4.91. The Hall–Kier alpha value is -2.54. The molecule has 1 amide bonds. The monoisotopic (exact) mass is 384 g/mol. The zero-order valence-corrected chi connectivity index (χ0v) is 17.0. The van der Waals surface area contributed by atoms with Crippen LogP contribution in [0.15, 0.2) is 34.2 Å². The van der Waals surface area contributed by atoms with Gasteiger partial charge in [-0.3, -0.25) is 14.2 Å². The van der Waals surface area contributed by atoms with Gasteiger partial charge in [0.1, 0.15) is 5.52 Å². The van der Waals surface area contributed by atoms with Crippen molar-refractivity contribution < 1.29 is 4.79 Å². The summed E-state index contributed by atoms with van der Waals surface area (Å²) in [5.74, 6) is 0.0603. The van der Waals surface area contributed by atoms with E-state index >= 15 is 0 Å². The first kappa shape index (κ1) is 19.2. The molecule has 0 fully saturated rings. The zero-order chi connectivity index (χ0) is 19.7. The van der Waals surface area contributed by atoms with Gasteiger partial charge in [-0.15, -0.1) is 0 Å². The van der Waals surface area contributed by atoms with Gasteiger partial charge >= 0.3 is 0 Å². The number of carbonyl (C=O) groups is 1. The molecule has 2 N–H and O–H groups in total. The van der Waals surface area contributed by atoms with Crippen LogP contribution in [0.2, 0.25) is 0 Å². The van der Waals surface area contributed by atoms with Crippen LogP contribution in [0, 0.1) is 20.8 Å². The quantitative estimate of drug-likeness (QED) is 0.515. The SMILES string of the molecule is Cc1cc2nc(SCC(=O)Nc3cccc(C)c3C)n(C(C)C)c(=O)c2[nH]1. The molecule has 0 aliphatic heterocycles. The maximum absolute atomic E-state index is 12.8. The highest BCUT2D eigenvalue weighted by Crippen LogP contribution is 2.22. The van der Waals surface area contributed by atoms with Gasteiger partial charge in [-0.1, -0.05) is 23.9 Å². The smallest absolute Gasteiger partial charge is 0.278 e. The van der Waals surface area contributed by atoms with E-state index < -0.39 is 0 Å². The summed E-state index contributed by atoms with van der Waals surface area (Å²) in [4.78, 5) is 32.9. The lowest BCUT2D eigenvalue weighted by Crippen LogP contribution is -2.25. The first-order valence-corrected chi connectivity index (χ1v) is 9.87. The lowest BCUT2D eigenvalue weighted by Gasteiger charge is -2.15. The molecular formula is C20H24N4O2S. The second-order valence-electron chi connectivity index (χ2n) is 6.96. The normalized spacial score (nSPS) is 11.3. The molecule has 3 aromatic rings. The maximum Gasteiger partial charge on any atom is 0.278 e. The Labute approximate surface area is 162 Å². The van der Waals surface area contributed by atoms with E-state index in [2.05, 4.69) is 15.3 Å². The van der Waals surface area contributed by atoms with Crippen molar-refractivity contribution in [3.8, 4) is 0 Å². The fraction of sp³-hybridized carbons (Fsp3) is 0.350. The fourth-order valence-corrected chi connectivity index (χ4v) is 3.88. The summed E-state index contributed by atoms with van der Waals surface area (Å²) in [6, 6.07) is 7.62. The molecule has 1 aromatic carbocycles. The van der Waals surface area contributed by atoms with E-state index in [0.29, 0.717) is 16.2 Å². The van der Waals surface area contributed by atoms with Gasteiger partial charge in [0.05, 0.1) is 11.3 Å². The Bertz CT molecular complexity index is 1070. The topological polar surface area (TPSA) is 79.8 Å². The molecule has 0 saturated heterocycles. The predicted octanol–water partition coefficient (Wildman–Crippen LogP) is 3.96. The molecule has 0 atom stereocenters. The van der Waals surface area contributed by atoms with Crippen molar-refractivity contribution in [1.29, 1.82) is 0 Å². The summed E-state index contributed by atoms with van der Waals surface area (Å²) in [6.07, 6.45) is 0. The average Bonchev–Trinajstić information content (AvgIpc) is 2.97. The van der Waals surface area contributed by atoms with E-state index in [-0.39, 0.29) is 23.3 Å². The molecule has 2 heterocycles. The summed E-state index contributed by atoms with van der Waals surface area (Å²) >= 11 is 1.28. The number of nitrogens with one attached hydrogen (secondary N) is 2. The average molecular weight is 385 g/mol. The lowest BCUT2D eigenvalue weighted by atomic mass is 10.1. The molecule has 6 nitrogen and oxygen atoms in total. The van der Waals surface area contributed by atoms with Gasteiger partial charge in [-0.05, 0) is 57.9 Å². The van der Waals surface area contributed by atoms with Crippen LogP contribution in [0.1, 0.15) is 36.7 Å². The zero-order valence-electron chi connectivity index (χ0n) is 16.2. The third kappa shape index (κ3) is 3.93. The molecule has 142 valence electrons. The van der Waals surface area contributed by atoms with E-state index in [1.54, 1.807) is 4.57 Å². The Morgan fingerprint density at radius 1 is 1.30 bits per heavy atom. The molecular weight excluding hydrogens is 360 g/mol. The molecule has 0 radical (unpaired) electrons. The third-order valence-corrected chi connectivity index (χ3v) is 5.47. The fourth-order valence-electron chi connectivity index (χ4n) is 2.95. The van der Waals surface area contributed by atoms with Gasteiger partial charge in [0, 0.05) is 17.4 Å². The predicted molar refractivity (Wildman–Crippen MR) is 111 cm³/mol. The van der Waals surface area contributed by atoms with Crippen molar-refractivity contribution in [2.24, 2.45) is 0 Å². The number of amides is 1. The third-order valence-electron chi connectivity index (χ3n) is 4.51. The second-order valence-corrected chi connectivity index (χ2v) is 7.90. The molecule has 0 unspecified atom stereocenters. The largest absolute Gasteiger partial charge is 0.353 e. The van der Waals surface area contributed by atoms with E-state index in [9.17, 15) is 9.59 Å². The van der Waals surface area contributed by atoms with Crippen LogP contribution >= 0.6 is 11.8 Å². The first-order valence-electron chi connectivity index (χ1n) is 8.88. The van der Waals surface area contributed by atoms with E-state index in [0.717, 1.165) is 22.5 Å². The highest BCUT2D eigenvalue weighted by atomic mass is 32.2. The minimum Gasteiger partial charge on any atom is -0.353 e. The summed E-state index contributed by atoms with van der Waals surface area (Å²) < 4.78 is 1.63. The van der Waals surface area contributed by atoms with Crippen molar-refractivity contribution in [3.05, 3.63) is 51.4 Å². The number of thioether (sulfide) groups is 1. The van der Waals surface area contributed by atoms with Crippen LogP contribution in [-0.4, -0.2) is 26.2 Å². The van der Waals surface area contributed by atoms with Gasteiger partial charge in [-0.25, -0.2) is 4.98 Å². The van der Waals surface area contributed by atoms with Gasteiger partial charge in [-0.2, -0.15) is 0 Å². The van der Waals surface area contributed by atoms with Crippen molar-refractivity contribution in [1.82, 2.24) is 14.5 Å². The number of nitrogens with zero attached hydrogens (tertiary/aromatic N) is 2. The maximum atomic E-state index is 12.8. The summed E-state index contributed by atoms with van der Waals surface area (Å²) in [6.45, 7) is 9.76. The number of fused-ring (bicyclic) bond motifs is 1. The molecule has 7 heteroatoms. The van der Waals surface area contributed by atoms with E-state index in [1.807, 2.05) is 58.9 Å². The Balaban J connectivity index is 1.84. The van der Waals surface area contributed by atoms with E-state index in [1.165, 1.54) is 11.8 Å². The Kier molecular flexibility index (Phi) is 5.41. The number of carbonyl (C=O) groups excluding carboxylic acids is 1. The number of hydrogen-bond donors (Lipinski definition) is 2. The van der Waals surface area contributed by atoms with Gasteiger partial charge in [0.2, 0.25) is 5.91 Å². The van der Waals surface area contributed by atoms with Gasteiger partial charge in [0.15, 0.2) is 5.16 Å². The number of H-pyrrole nitrogens is 1. The minimum absolute atomic E-state index is 0.0532. The van der Waals surface area contributed by atoms with Crippen LogP contribution < -0.4 is 10.9 Å². The molecule has 0 bridgehead atoms. The van der Waals surface area contributed by atoms with Crippen LogP contribution in [-0.2, 0) is 4.79 Å². The lowest BCUT2D eigenvalue weighted by molar-refractivity contribution is -0.113. The molecule has 27 heavy (non-hydrogen) atoms. The first-order chi connectivity index (χ1) is 12.8.